The maximum absolute atomic E-state index is 11.5. The van der Waals surface area contributed by atoms with Gasteiger partial charge in [0.25, 0.3) is 5.91 Å². The molecule has 0 saturated heterocycles. The fourth-order valence-electron chi connectivity index (χ4n) is 1.20. The van der Waals surface area contributed by atoms with Crippen LogP contribution in [0.25, 0.3) is 11.1 Å². The van der Waals surface area contributed by atoms with E-state index in [2.05, 4.69) is 4.98 Å². The molecule has 1 amide bonds. The molecule has 68 valence electrons. The number of aromatic amines is 1. The smallest absolute Gasteiger partial charge is 0.269 e. The van der Waals surface area contributed by atoms with Gasteiger partial charge in [-0.2, -0.15) is 0 Å². The van der Waals surface area contributed by atoms with Crippen LogP contribution in [0.4, 0.5) is 0 Å². The highest BCUT2D eigenvalue weighted by Crippen LogP contribution is 2.16. The summed E-state index contributed by atoms with van der Waals surface area (Å²) in [7, 11) is 3.43. The maximum atomic E-state index is 11.5. The molecule has 2 aromatic heterocycles. The van der Waals surface area contributed by atoms with Crippen molar-refractivity contribution in [2.75, 3.05) is 14.1 Å². The van der Waals surface area contributed by atoms with E-state index < -0.39 is 0 Å². The molecule has 0 unspecified atom stereocenters. The summed E-state index contributed by atoms with van der Waals surface area (Å²) < 4.78 is 5.13. The lowest BCUT2D eigenvalue weighted by molar-refractivity contribution is 0.0823. The Morgan fingerprint density at radius 2 is 2.31 bits per heavy atom. The molecule has 0 bridgehead atoms. The first kappa shape index (κ1) is 7.91. The van der Waals surface area contributed by atoms with Gasteiger partial charge >= 0.3 is 0 Å². The minimum absolute atomic E-state index is 0.0496. The lowest BCUT2D eigenvalue weighted by Gasteiger charge is -2.07. The van der Waals surface area contributed by atoms with Crippen molar-refractivity contribution in [3.05, 3.63) is 24.1 Å². The Morgan fingerprint density at radius 1 is 1.54 bits per heavy atom. The summed E-state index contributed by atoms with van der Waals surface area (Å²) in [5.41, 5.74) is 2.12. The maximum Gasteiger partial charge on any atom is 0.269 e. The number of nitrogens with zero attached hydrogens (tertiary/aromatic N) is 1. The fraction of sp³-hybridized carbons (Fsp3) is 0.222. The number of nitrogens with one attached hydrogen (secondary N) is 1. The second-order valence-electron chi connectivity index (χ2n) is 3.08. The number of furan rings is 1. The number of aromatic nitrogens is 1. The molecule has 0 saturated carbocycles. The van der Waals surface area contributed by atoms with E-state index in [4.69, 9.17) is 4.42 Å². The van der Waals surface area contributed by atoms with Gasteiger partial charge in [0.1, 0.15) is 5.69 Å². The van der Waals surface area contributed by atoms with Gasteiger partial charge in [0.15, 0.2) is 5.58 Å². The van der Waals surface area contributed by atoms with Crippen LogP contribution in [0.2, 0.25) is 0 Å². The second-order valence-corrected chi connectivity index (χ2v) is 3.08. The van der Waals surface area contributed by atoms with E-state index >= 15 is 0 Å². The highest BCUT2D eigenvalue weighted by Gasteiger charge is 2.11. The Bertz CT molecular complexity index is 411. The van der Waals surface area contributed by atoms with Crippen molar-refractivity contribution in [2.24, 2.45) is 0 Å². The predicted octanol–water partition coefficient (Wildman–Crippen LogP) is 1.46. The van der Waals surface area contributed by atoms with E-state index in [1.165, 1.54) is 4.90 Å². The van der Waals surface area contributed by atoms with Crippen molar-refractivity contribution in [3.63, 3.8) is 0 Å². The lowest BCUT2D eigenvalue weighted by Crippen LogP contribution is -2.21. The molecule has 0 atom stereocenters. The van der Waals surface area contributed by atoms with E-state index in [1.807, 2.05) is 0 Å². The standard InChI is InChI=1S/C9H10N2O2/c1-11(2)9(12)7-5-8-6(10-7)3-4-13-8/h3-5,10H,1-2H3. The topological polar surface area (TPSA) is 49.2 Å². The van der Waals surface area contributed by atoms with E-state index in [1.54, 1.807) is 32.5 Å². The van der Waals surface area contributed by atoms with Gasteiger partial charge in [0.05, 0.1) is 11.8 Å². The normalized spacial score (nSPS) is 10.6. The highest BCUT2D eigenvalue weighted by molar-refractivity contribution is 5.96. The Labute approximate surface area is 75.1 Å². The minimum Gasteiger partial charge on any atom is -0.463 e. The van der Waals surface area contributed by atoms with Crippen LogP contribution < -0.4 is 0 Å². The van der Waals surface area contributed by atoms with Gasteiger partial charge in [-0.15, -0.1) is 0 Å². The second kappa shape index (κ2) is 2.65. The number of amides is 1. The number of H-pyrrole nitrogens is 1. The summed E-state index contributed by atoms with van der Waals surface area (Å²) in [6, 6.07) is 3.50. The van der Waals surface area contributed by atoms with Gasteiger partial charge in [-0.3, -0.25) is 4.79 Å². The first-order valence-electron chi connectivity index (χ1n) is 3.96. The van der Waals surface area contributed by atoms with Crippen molar-refractivity contribution < 1.29 is 9.21 Å². The third kappa shape index (κ3) is 1.20. The number of hydrogen-bond donors (Lipinski definition) is 1. The van der Waals surface area contributed by atoms with Crippen LogP contribution in [-0.2, 0) is 0 Å². The van der Waals surface area contributed by atoms with Crippen molar-refractivity contribution in [3.8, 4) is 0 Å². The van der Waals surface area contributed by atoms with Crippen molar-refractivity contribution in [2.45, 2.75) is 0 Å². The van der Waals surface area contributed by atoms with Gasteiger partial charge in [-0.25, -0.2) is 0 Å². The summed E-state index contributed by atoms with van der Waals surface area (Å²) >= 11 is 0. The molecule has 0 aliphatic heterocycles. The van der Waals surface area contributed by atoms with Gasteiger partial charge in [-0.1, -0.05) is 0 Å². The quantitative estimate of drug-likeness (QED) is 0.718. The molecule has 2 aromatic rings. The number of rotatable bonds is 1. The fourth-order valence-corrected chi connectivity index (χ4v) is 1.20. The number of hydrogen-bond acceptors (Lipinski definition) is 2. The van der Waals surface area contributed by atoms with E-state index in [-0.39, 0.29) is 5.91 Å². The zero-order valence-electron chi connectivity index (χ0n) is 7.50. The van der Waals surface area contributed by atoms with Gasteiger partial charge in [-0.05, 0) is 0 Å². The van der Waals surface area contributed by atoms with Crippen LogP contribution in [0.15, 0.2) is 22.8 Å². The van der Waals surface area contributed by atoms with Gasteiger partial charge < -0.3 is 14.3 Å². The van der Waals surface area contributed by atoms with Gasteiger partial charge in [0.2, 0.25) is 0 Å². The summed E-state index contributed by atoms with van der Waals surface area (Å²) in [4.78, 5) is 16.0. The molecule has 4 nitrogen and oxygen atoms in total. The van der Waals surface area contributed by atoms with Crippen LogP contribution in [-0.4, -0.2) is 29.9 Å². The van der Waals surface area contributed by atoms with Crippen molar-refractivity contribution in [1.29, 1.82) is 0 Å². The first-order valence-corrected chi connectivity index (χ1v) is 3.96. The van der Waals surface area contributed by atoms with Crippen molar-refractivity contribution in [1.82, 2.24) is 9.88 Å². The monoisotopic (exact) mass is 178 g/mol. The summed E-state index contributed by atoms with van der Waals surface area (Å²) in [5.74, 6) is -0.0496. The number of fused-ring (bicyclic) bond motifs is 1. The molecule has 1 N–H and O–H groups in total. The third-order valence-corrected chi connectivity index (χ3v) is 1.88. The zero-order valence-corrected chi connectivity index (χ0v) is 7.50. The molecule has 4 heteroatoms. The Kier molecular flexibility index (Phi) is 1.62. The molecule has 0 aliphatic carbocycles. The van der Waals surface area contributed by atoms with Crippen LogP contribution in [0.1, 0.15) is 10.5 Å². The predicted molar refractivity (Wildman–Crippen MR) is 48.6 cm³/mol. The molecule has 0 fully saturated rings. The van der Waals surface area contributed by atoms with Gasteiger partial charge in [0, 0.05) is 26.2 Å². The Hall–Kier alpha value is -1.71. The SMILES string of the molecule is CN(C)C(=O)c1cc2occc2[nH]1. The molecule has 0 radical (unpaired) electrons. The molecular formula is C9H10N2O2. The van der Waals surface area contributed by atoms with E-state index in [0.29, 0.717) is 11.3 Å². The van der Waals surface area contributed by atoms with Crippen LogP contribution in [0, 0.1) is 0 Å². The molecular weight excluding hydrogens is 168 g/mol. The Morgan fingerprint density at radius 3 is 2.92 bits per heavy atom. The zero-order chi connectivity index (χ0) is 9.42. The van der Waals surface area contributed by atoms with Crippen LogP contribution in [0.5, 0.6) is 0 Å². The molecule has 2 heterocycles. The summed E-state index contributed by atoms with van der Waals surface area (Å²) in [6.07, 6.45) is 1.59. The molecule has 0 aromatic carbocycles. The van der Waals surface area contributed by atoms with E-state index in [9.17, 15) is 4.79 Å². The molecule has 13 heavy (non-hydrogen) atoms. The minimum atomic E-state index is -0.0496. The highest BCUT2D eigenvalue weighted by atomic mass is 16.3. The average Bonchev–Trinajstić information content (AvgIpc) is 2.59. The average molecular weight is 178 g/mol. The Balaban J connectivity index is 2.45. The summed E-state index contributed by atoms with van der Waals surface area (Å²) in [6.45, 7) is 0. The third-order valence-electron chi connectivity index (χ3n) is 1.88. The first-order chi connectivity index (χ1) is 6.18. The van der Waals surface area contributed by atoms with Crippen molar-refractivity contribution >= 4 is 17.0 Å². The number of carbonyl (C=O) groups excluding carboxylic acids is 1. The number of carbonyl (C=O) groups is 1. The van der Waals surface area contributed by atoms with E-state index in [0.717, 1.165) is 5.52 Å². The summed E-state index contributed by atoms with van der Waals surface area (Å²) in [5, 5.41) is 0. The molecule has 2 rings (SSSR count). The van der Waals surface area contributed by atoms with Crippen LogP contribution in [0.3, 0.4) is 0 Å². The molecule has 0 spiro atoms. The lowest BCUT2D eigenvalue weighted by atomic mass is 10.4. The molecule has 0 aliphatic rings. The largest absolute Gasteiger partial charge is 0.463 e. The van der Waals surface area contributed by atoms with Crippen LogP contribution >= 0.6 is 0 Å².